The van der Waals surface area contributed by atoms with Gasteiger partial charge in [-0.3, -0.25) is 14.9 Å². The number of nitro groups is 1. The van der Waals surface area contributed by atoms with E-state index in [1.807, 2.05) is 29.2 Å². The van der Waals surface area contributed by atoms with Crippen LogP contribution in [-0.2, 0) is 4.74 Å². The predicted molar refractivity (Wildman–Crippen MR) is 94.5 cm³/mol. The molecule has 0 radical (unpaired) electrons. The average Bonchev–Trinajstić information content (AvgIpc) is 2.62. The summed E-state index contributed by atoms with van der Waals surface area (Å²) in [5.41, 5.74) is 6.15. The molecule has 25 heavy (non-hydrogen) atoms. The number of carbonyl (C=O) groups is 1. The Bertz CT molecular complexity index is 812. The molecular weight excluding hydrogens is 392 g/mol. The van der Waals surface area contributed by atoms with Crippen LogP contribution in [-0.4, -0.2) is 35.5 Å². The summed E-state index contributed by atoms with van der Waals surface area (Å²) < 4.78 is 6.78. The van der Waals surface area contributed by atoms with Gasteiger partial charge in [-0.1, -0.05) is 28.1 Å². The van der Waals surface area contributed by atoms with Gasteiger partial charge in [0, 0.05) is 23.6 Å². The molecule has 2 N–H and O–H groups in total. The topological polar surface area (TPSA) is 112 Å². The summed E-state index contributed by atoms with van der Waals surface area (Å²) >= 11 is 3.39. The molecule has 2 aromatic rings. The first-order valence-corrected chi connectivity index (χ1v) is 8.31. The van der Waals surface area contributed by atoms with Crippen LogP contribution in [0, 0.1) is 10.1 Å². The number of carbonyl (C=O) groups excluding carboxylic acids is 1. The number of morpholine rings is 1. The Morgan fingerprint density at radius 1 is 1.40 bits per heavy atom. The quantitative estimate of drug-likeness (QED) is 0.616. The molecule has 0 saturated carbocycles. The van der Waals surface area contributed by atoms with Gasteiger partial charge < -0.3 is 15.4 Å². The number of nitrogens with two attached hydrogens (primary N) is 1. The number of hydrogen-bond donors (Lipinski definition) is 1. The number of halogens is 1. The van der Waals surface area contributed by atoms with Crippen molar-refractivity contribution in [3.05, 3.63) is 62.2 Å². The van der Waals surface area contributed by atoms with Gasteiger partial charge in [-0.05, 0) is 17.7 Å². The number of anilines is 1. The molecule has 1 fully saturated rings. The van der Waals surface area contributed by atoms with Crippen molar-refractivity contribution in [2.75, 3.05) is 24.6 Å². The fourth-order valence-corrected chi connectivity index (χ4v) is 2.96. The van der Waals surface area contributed by atoms with Crippen LogP contribution in [0.2, 0.25) is 0 Å². The molecule has 8 nitrogen and oxygen atoms in total. The van der Waals surface area contributed by atoms with Crippen LogP contribution in [0.25, 0.3) is 0 Å². The first-order chi connectivity index (χ1) is 12.0. The number of hydrogen-bond acceptors (Lipinski definition) is 6. The number of ether oxygens (including phenoxy) is 1. The van der Waals surface area contributed by atoms with E-state index in [-0.39, 0.29) is 17.4 Å². The van der Waals surface area contributed by atoms with Crippen molar-refractivity contribution in [2.24, 2.45) is 5.73 Å². The average molecular weight is 407 g/mol. The van der Waals surface area contributed by atoms with Gasteiger partial charge in [0.2, 0.25) is 0 Å². The number of pyridine rings is 1. The maximum absolute atomic E-state index is 11.7. The van der Waals surface area contributed by atoms with E-state index in [0.717, 1.165) is 22.3 Å². The van der Waals surface area contributed by atoms with Gasteiger partial charge in [0.15, 0.2) is 0 Å². The standard InChI is InChI=1S/C16H15BrN4O4/c17-11-3-1-10(2-4-11)14-9-20(5-6-25-14)16-13(15(18)22)7-12(8-19-16)21(23)24/h1-4,7-8,14H,5-6,9H2,(H2,18,22). The van der Waals surface area contributed by atoms with Crippen LogP contribution in [0.3, 0.4) is 0 Å². The number of benzene rings is 1. The minimum absolute atomic E-state index is 0.0330. The zero-order valence-electron chi connectivity index (χ0n) is 13.1. The number of nitrogens with zero attached hydrogens (tertiary/aromatic N) is 3. The van der Waals surface area contributed by atoms with Crippen molar-refractivity contribution in [3.8, 4) is 0 Å². The van der Waals surface area contributed by atoms with Gasteiger partial charge >= 0.3 is 0 Å². The minimum Gasteiger partial charge on any atom is -0.370 e. The highest BCUT2D eigenvalue weighted by atomic mass is 79.9. The van der Waals surface area contributed by atoms with E-state index in [1.54, 1.807) is 0 Å². The molecule has 1 amide bonds. The van der Waals surface area contributed by atoms with Gasteiger partial charge in [0.1, 0.15) is 18.1 Å². The second-order valence-corrected chi connectivity index (χ2v) is 6.46. The molecular formula is C16H15BrN4O4. The minimum atomic E-state index is -0.752. The molecule has 1 aromatic heterocycles. The predicted octanol–water partition coefficient (Wildman–Crippen LogP) is 2.43. The Morgan fingerprint density at radius 2 is 2.12 bits per heavy atom. The number of amides is 1. The molecule has 0 aliphatic carbocycles. The maximum Gasteiger partial charge on any atom is 0.288 e. The summed E-state index contributed by atoms with van der Waals surface area (Å²) in [6.45, 7) is 1.42. The molecule has 130 valence electrons. The summed E-state index contributed by atoms with van der Waals surface area (Å²) in [4.78, 5) is 28.0. The zero-order valence-corrected chi connectivity index (χ0v) is 14.7. The van der Waals surface area contributed by atoms with Crippen molar-refractivity contribution < 1.29 is 14.5 Å². The molecule has 1 aliphatic rings. The second kappa shape index (κ2) is 7.16. The highest BCUT2D eigenvalue weighted by Crippen LogP contribution is 2.29. The maximum atomic E-state index is 11.7. The molecule has 2 heterocycles. The fraction of sp³-hybridized carbons (Fsp3) is 0.250. The van der Waals surface area contributed by atoms with Crippen molar-refractivity contribution in [2.45, 2.75) is 6.10 Å². The Hall–Kier alpha value is -2.52. The van der Waals surface area contributed by atoms with Crippen molar-refractivity contribution in [1.82, 2.24) is 4.98 Å². The Labute approximate surface area is 151 Å². The fourth-order valence-electron chi connectivity index (χ4n) is 2.70. The SMILES string of the molecule is NC(=O)c1cc([N+](=O)[O-])cnc1N1CCOC(c2ccc(Br)cc2)C1. The van der Waals surface area contributed by atoms with Crippen molar-refractivity contribution in [1.29, 1.82) is 0 Å². The van der Waals surface area contributed by atoms with Crippen molar-refractivity contribution in [3.63, 3.8) is 0 Å². The van der Waals surface area contributed by atoms with E-state index in [9.17, 15) is 14.9 Å². The highest BCUT2D eigenvalue weighted by molar-refractivity contribution is 9.10. The third kappa shape index (κ3) is 3.77. The summed E-state index contributed by atoms with van der Waals surface area (Å²) in [5, 5.41) is 10.9. The molecule has 1 aliphatic heterocycles. The second-order valence-electron chi connectivity index (χ2n) is 5.54. The first kappa shape index (κ1) is 17.3. The molecule has 3 rings (SSSR count). The molecule has 0 spiro atoms. The monoisotopic (exact) mass is 406 g/mol. The van der Waals surface area contributed by atoms with Crippen molar-refractivity contribution >= 4 is 33.3 Å². The smallest absolute Gasteiger partial charge is 0.288 e. The lowest BCUT2D eigenvalue weighted by Crippen LogP contribution is -2.40. The lowest BCUT2D eigenvalue weighted by atomic mass is 10.1. The summed E-state index contributed by atoms with van der Waals surface area (Å²) in [6.07, 6.45) is 0.936. The van der Waals surface area contributed by atoms with Crippen LogP contribution in [0.1, 0.15) is 22.0 Å². The third-order valence-corrected chi connectivity index (χ3v) is 4.46. The van der Waals surface area contributed by atoms with E-state index < -0.39 is 10.8 Å². The van der Waals surface area contributed by atoms with Gasteiger partial charge in [0.25, 0.3) is 11.6 Å². The summed E-state index contributed by atoms with van der Waals surface area (Å²) in [5.74, 6) is -0.415. The zero-order chi connectivity index (χ0) is 18.0. The lowest BCUT2D eigenvalue weighted by molar-refractivity contribution is -0.385. The summed E-state index contributed by atoms with van der Waals surface area (Å²) in [6, 6.07) is 8.93. The largest absolute Gasteiger partial charge is 0.370 e. The van der Waals surface area contributed by atoms with Gasteiger partial charge in [-0.25, -0.2) is 4.98 Å². The summed E-state index contributed by atoms with van der Waals surface area (Å²) in [7, 11) is 0. The van der Waals surface area contributed by atoms with E-state index in [4.69, 9.17) is 10.5 Å². The normalized spacial score (nSPS) is 17.3. The number of rotatable bonds is 4. The van der Waals surface area contributed by atoms with Crippen LogP contribution in [0.4, 0.5) is 11.5 Å². The molecule has 1 aromatic carbocycles. The molecule has 0 bridgehead atoms. The van der Waals surface area contributed by atoms with Crippen LogP contribution < -0.4 is 10.6 Å². The molecule has 1 unspecified atom stereocenters. The van der Waals surface area contributed by atoms with Crippen LogP contribution in [0.15, 0.2) is 41.0 Å². The van der Waals surface area contributed by atoms with Gasteiger partial charge in [-0.15, -0.1) is 0 Å². The van der Waals surface area contributed by atoms with Gasteiger partial charge in [-0.2, -0.15) is 0 Å². The van der Waals surface area contributed by atoms with E-state index >= 15 is 0 Å². The van der Waals surface area contributed by atoms with Crippen LogP contribution >= 0.6 is 15.9 Å². The Balaban J connectivity index is 1.89. The first-order valence-electron chi connectivity index (χ1n) is 7.52. The molecule has 1 saturated heterocycles. The lowest BCUT2D eigenvalue weighted by Gasteiger charge is -2.34. The Kier molecular flexibility index (Phi) is 4.95. The van der Waals surface area contributed by atoms with Gasteiger partial charge in [0.05, 0.1) is 17.1 Å². The van der Waals surface area contributed by atoms with E-state index in [0.29, 0.717) is 25.5 Å². The van der Waals surface area contributed by atoms with E-state index in [1.165, 1.54) is 0 Å². The molecule has 9 heteroatoms. The van der Waals surface area contributed by atoms with Crippen LogP contribution in [0.5, 0.6) is 0 Å². The number of aromatic nitrogens is 1. The number of primary amides is 1. The molecule has 1 atom stereocenters. The van der Waals surface area contributed by atoms with E-state index in [2.05, 4.69) is 20.9 Å². The third-order valence-electron chi connectivity index (χ3n) is 3.94. The Morgan fingerprint density at radius 3 is 2.76 bits per heavy atom. The highest BCUT2D eigenvalue weighted by Gasteiger charge is 2.27.